The summed E-state index contributed by atoms with van der Waals surface area (Å²) in [5.41, 5.74) is 4.68. The second-order valence-electron chi connectivity index (χ2n) is 8.05. The van der Waals surface area contributed by atoms with E-state index >= 15 is 0 Å². The molecular formula is C24H28N6OS. The van der Waals surface area contributed by atoms with Crippen LogP contribution in [-0.2, 0) is 31.3 Å². The molecule has 1 aliphatic heterocycles. The van der Waals surface area contributed by atoms with E-state index in [2.05, 4.69) is 58.1 Å². The Balaban J connectivity index is 1.52. The maximum atomic E-state index is 5.49. The van der Waals surface area contributed by atoms with Crippen molar-refractivity contribution in [2.45, 2.75) is 26.4 Å². The Morgan fingerprint density at radius 1 is 1.12 bits per heavy atom. The molecule has 1 fully saturated rings. The second kappa shape index (κ2) is 9.36. The quantitative estimate of drug-likeness (QED) is 0.459. The molecule has 0 unspecified atom stereocenters. The third-order valence-electron chi connectivity index (χ3n) is 5.81. The Hall–Kier alpha value is -2.81. The zero-order chi connectivity index (χ0) is 21.9. The molecule has 0 amide bonds. The number of thiophene rings is 1. The van der Waals surface area contributed by atoms with Gasteiger partial charge in [-0.15, -0.1) is 11.3 Å². The number of nitrogens with zero attached hydrogens (tertiary/aromatic N) is 5. The van der Waals surface area contributed by atoms with E-state index in [9.17, 15) is 0 Å². The molecule has 5 rings (SSSR count). The Bertz CT molecular complexity index is 1200. The van der Waals surface area contributed by atoms with E-state index in [1.165, 1.54) is 16.7 Å². The van der Waals surface area contributed by atoms with Gasteiger partial charge >= 0.3 is 0 Å². The molecule has 0 aliphatic carbocycles. The molecule has 1 aromatic carbocycles. The summed E-state index contributed by atoms with van der Waals surface area (Å²) in [6.07, 6.45) is 3.00. The van der Waals surface area contributed by atoms with E-state index in [4.69, 9.17) is 14.7 Å². The van der Waals surface area contributed by atoms with Crippen molar-refractivity contribution in [3.8, 4) is 11.1 Å². The third kappa shape index (κ3) is 4.39. The minimum atomic E-state index is 0.685. The lowest BCUT2D eigenvalue weighted by Gasteiger charge is -2.25. The van der Waals surface area contributed by atoms with Gasteiger partial charge in [0.1, 0.15) is 16.5 Å². The monoisotopic (exact) mass is 448 g/mol. The van der Waals surface area contributed by atoms with Crippen LogP contribution in [-0.4, -0.2) is 51.0 Å². The number of ether oxygens (including phenoxy) is 1. The van der Waals surface area contributed by atoms with Gasteiger partial charge in [-0.3, -0.25) is 9.58 Å². The van der Waals surface area contributed by atoms with Gasteiger partial charge in [-0.2, -0.15) is 5.10 Å². The van der Waals surface area contributed by atoms with Crippen molar-refractivity contribution in [2.24, 2.45) is 7.05 Å². The molecule has 1 saturated heterocycles. The van der Waals surface area contributed by atoms with Crippen LogP contribution in [0.25, 0.3) is 21.3 Å². The lowest BCUT2D eigenvalue weighted by Crippen LogP contribution is -2.36. The first-order valence-corrected chi connectivity index (χ1v) is 12.0. The van der Waals surface area contributed by atoms with Crippen LogP contribution in [0, 0.1) is 0 Å². The van der Waals surface area contributed by atoms with E-state index in [0.717, 1.165) is 66.8 Å². The van der Waals surface area contributed by atoms with E-state index in [-0.39, 0.29) is 0 Å². The van der Waals surface area contributed by atoms with Gasteiger partial charge in [0.25, 0.3) is 0 Å². The summed E-state index contributed by atoms with van der Waals surface area (Å²) in [7, 11) is 1.97. The van der Waals surface area contributed by atoms with Crippen LogP contribution in [0.4, 0.5) is 5.82 Å². The highest BCUT2D eigenvalue weighted by atomic mass is 32.1. The summed E-state index contributed by atoms with van der Waals surface area (Å²) in [6.45, 7) is 6.93. The van der Waals surface area contributed by atoms with Gasteiger partial charge in [0.2, 0.25) is 0 Å². The molecule has 0 saturated carbocycles. The van der Waals surface area contributed by atoms with Crippen LogP contribution >= 0.6 is 11.3 Å². The molecule has 4 aromatic rings. The molecule has 8 heteroatoms. The van der Waals surface area contributed by atoms with Crippen LogP contribution in [0.15, 0.2) is 41.9 Å². The Morgan fingerprint density at radius 3 is 2.72 bits per heavy atom. The first-order valence-electron chi connectivity index (χ1n) is 11.1. The molecule has 1 N–H and O–H groups in total. The van der Waals surface area contributed by atoms with Gasteiger partial charge in [0.15, 0.2) is 0 Å². The first-order chi connectivity index (χ1) is 15.7. The Morgan fingerprint density at radius 2 is 1.94 bits per heavy atom. The normalized spacial score (nSPS) is 14.8. The van der Waals surface area contributed by atoms with Gasteiger partial charge in [-0.05, 0) is 12.0 Å². The minimum absolute atomic E-state index is 0.685. The summed E-state index contributed by atoms with van der Waals surface area (Å²) < 4.78 is 7.38. The number of anilines is 1. The Kier molecular flexibility index (Phi) is 6.16. The van der Waals surface area contributed by atoms with E-state index in [1.54, 1.807) is 11.3 Å². The maximum Gasteiger partial charge on any atom is 0.146 e. The highest BCUT2D eigenvalue weighted by Crippen LogP contribution is 2.37. The zero-order valence-electron chi connectivity index (χ0n) is 18.5. The van der Waals surface area contributed by atoms with Crippen LogP contribution < -0.4 is 5.32 Å². The molecule has 0 bridgehead atoms. The largest absolute Gasteiger partial charge is 0.379 e. The van der Waals surface area contributed by atoms with Crippen molar-refractivity contribution in [3.05, 3.63) is 59.0 Å². The van der Waals surface area contributed by atoms with Crippen molar-refractivity contribution in [1.82, 2.24) is 24.6 Å². The van der Waals surface area contributed by atoms with Crippen molar-refractivity contribution < 1.29 is 4.74 Å². The Labute approximate surface area is 192 Å². The number of nitrogens with one attached hydrogen (secondary N) is 1. The van der Waals surface area contributed by atoms with Crippen molar-refractivity contribution in [3.63, 3.8) is 0 Å². The summed E-state index contributed by atoms with van der Waals surface area (Å²) in [5, 5.41) is 11.5. The topological polar surface area (TPSA) is 68.1 Å². The maximum absolute atomic E-state index is 5.49. The molecule has 4 heterocycles. The zero-order valence-corrected chi connectivity index (χ0v) is 19.4. The highest BCUT2D eigenvalue weighted by Gasteiger charge is 2.18. The second-order valence-corrected chi connectivity index (χ2v) is 8.91. The lowest BCUT2D eigenvalue weighted by molar-refractivity contribution is 0.0331. The number of benzene rings is 1. The van der Waals surface area contributed by atoms with Crippen LogP contribution in [0.3, 0.4) is 0 Å². The molecule has 0 atom stereocenters. The molecule has 0 spiro atoms. The number of hydrogen-bond donors (Lipinski definition) is 1. The number of fused-ring (bicyclic) bond motifs is 1. The molecule has 7 nitrogen and oxygen atoms in total. The van der Waals surface area contributed by atoms with E-state index in [0.29, 0.717) is 6.54 Å². The van der Waals surface area contributed by atoms with Gasteiger partial charge in [-0.25, -0.2) is 9.97 Å². The average molecular weight is 449 g/mol. The van der Waals surface area contributed by atoms with Crippen LogP contribution in [0.5, 0.6) is 0 Å². The third-order valence-corrected chi connectivity index (χ3v) is 6.68. The number of morpholine rings is 1. The number of aryl methyl sites for hydroxylation is 2. The van der Waals surface area contributed by atoms with E-state index in [1.807, 2.05) is 17.8 Å². The molecular weight excluding hydrogens is 420 g/mol. The fraction of sp³-hybridized carbons (Fsp3) is 0.375. The predicted molar refractivity (Wildman–Crippen MR) is 129 cm³/mol. The first kappa shape index (κ1) is 21.1. The number of rotatable bonds is 7. The smallest absolute Gasteiger partial charge is 0.146 e. The fourth-order valence-corrected chi connectivity index (χ4v) is 5.15. The highest BCUT2D eigenvalue weighted by molar-refractivity contribution is 7.17. The average Bonchev–Trinajstić information content (AvgIpc) is 3.41. The number of hydrogen-bond acceptors (Lipinski definition) is 7. The molecule has 0 radical (unpaired) electrons. The van der Waals surface area contributed by atoms with Crippen LogP contribution in [0.2, 0.25) is 0 Å². The van der Waals surface area contributed by atoms with Crippen molar-refractivity contribution in [1.29, 1.82) is 0 Å². The van der Waals surface area contributed by atoms with Gasteiger partial charge in [0, 0.05) is 49.4 Å². The van der Waals surface area contributed by atoms with Crippen molar-refractivity contribution >= 4 is 27.4 Å². The van der Waals surface area contributed by atoms with Gasteiger partial charge in [0.05, 0.1) is 30.8 Å². The minimum Gasteiger partial charge on any atom is -0.379 e. The summed E-state index contributed by atoms with van der Waals surface area (Å²) in [5.74, 6) is 1.74. The SMILES string of the molecule is CCc1nn(C)cc1CNc1nc(CN2CCOCC2)nc2scc(-c3ccccc3)c12. The summed E-state index contributed by atoms with van der Waals surface area (Å²) in [6, 6.07) is 10.5. The standard InChI is InChI=1S/C24H28N6OS/c1-3-20-18(14-29(2)28-20)13-25-23-22-19(17-7-5-4-6-8-17)16-32-24(22)27-21(26-23)15-30-9-11-31-12-10-30/h4-8,14,16H,3,9-13,15H2,1-2H3,(H,25,26,27). The molecule has 1 aliphatic rings. The van der Waals surface area contributed by atoms with Crippen LogP contribution in [0.1, 0.15) is 24.0 Å². The van der Waals surface area contributed by atoms with Gasteiger partial charge in [-0.1, -0.05) is 37.3 Å². The van der Waals surface area contributed by atoms with Crippen molar-refractivity contribution in [2.75, 3.05) is 31.6 Å². The molecule has 3 aromatic heterocycles. The summed E-state index contributed by atoms with van der Waals surface area (Å²) in [4.78, 5) is 13.3. The summed E-state index contributed by atoms with van der Waals surface area (Å²) >= 11 is 1.68. The molecule has 32 heavy (non-hydrogen) atoms. The predicted octanol–water partition coefficient (Wildman–Crippen LogP) is 4.10. The fourth-order valence-electron chi connectivity index (χ4n) is 4.18. The molecule has 166 valence electrons. The lowest BCUT2D eigenvalue weighted by atomic mass is 10.1. The van der Waals surface area contributed by atoms with E-state index < -0.39 is 0 Å². The number of aromatic nitrogens is 4. The van der Waals surface area contributed by atoms with Gasteiger partial charge < -0.3 is 10.1 Å².